The second-order valence-corrected chi connectivity index (χ2v) is 30.8. The number of anilines is 1. The number of ether oxygens (including phenoxy) is 8. The van der Waals surface area contributed by atoms with Gasteiger partial charge in [-0.25, -0.2) is 20.8 Å². The fourth-order valence-electron chi connectivity index (χ4n) is 15.6. The van der Waals surface area contributed by atoms with Gasteiger partial charge < -0.3 is 138 Å². The number of hydrogen-bond donors (Lipinski definition) is 21. The van der Waals surface area contributed by atoms with Crippen LogP contribution in [0.3, 0.4) is 0 Å². The van der Waals surface area contributed by atoms with Crippen LogP contribution >= 0.6 is 0 Å². The number of carbonyl (C=O) groups is 6. The van der Waals surface area contributed by atoms with Crippen LogP contribution in [-0.4, -0.2) is 314 Å². The van der Waals surface area contributed by atoms with E-state index in [9.17, 15) is 90.0 Å². The van der Waals surface area contributed by atoms with Crippen molar-refractivity contribution in [2.75, 3.05) is 52.3 Å². The number of benzene rings is 2. The smallest absolute Gasteiger partial charge is 0.312 e. The summed E-state index contributed by atoms with van der Waals surface area (Å²) >= 11 is 0. The molecule has 2 aromatic heterocycles. The molecular formula is C79H115N17O26. The number of fused-ring (bicyclic) bond motifs is 14. The number of aromatic hydroxyl groups is 3. The molecule has 43 nitrogen and oxygen atoms in total. The Morgan fingerprint density at radius 3 is 1.97 bits per heavy atom. The number of ketones is 1. The predicted octanol–water partition coefficient (Wildman–Crippen LogP) is -3.25. The average molecular weight is 1720 g/mol. The van der Waals surface area contributed by atoms with E-state index in [1.165, 1.54) is 130 Å². The van der Waals surface area contributed by atoms with Gasteiger partial charge in [0.1, 0.15) is 90.0 Å². The molecule has 8 heterocycles. The van der Waals surface area contributed by atoms with Crippen molar-refractivity contribution in [3.05, 3.63) is 107 Å². The van der Waals surface area contributed by atoms with Gasteiger partial charge in [0, 0.05) is 124 Å². The number of nitrogens with one attached hydrogen (secondary N) is 3. The lowest BCUT2D eigenvalue weighted by molar-refractivity contribution is -0.314. The number of pyridine rings is 1. The number of carbonyl (C=O) groups excluding carboxylic acids is 6. The fourth-order valence-corrected chi connectivity index (χ4v) is 15.6. The third-order valence-electron chi connectivity index (χ3n) is 22.7. The number of aldehydes is 1. The Bertz CT molecular complexity index is 4460. The number of phenolic OH excluding ortho intramolecular Hbond substituents is 3. The van der Waals surface area contributed by atoms with E-state index in [0.717, 1.165) is 13.1 Å². The molecule has 2 saturated carbocycles. The minimum absolute atomic E-state index is 0.0631. The lowest BCUT2D eigenvalue weighted by Crippen LogP contribution is -2.66. The Balaban J connectivity index is 0.000000263. The number of hydrogen-bond acceptors (Lipinski definition) is 36. The van der Waals surface area contributed by atoms with Gasteiger partial charge in [0.2, 0.25) is 0 Å². The first-order valence-electron chi connectivity index (χ1n) is 39.4. The molecule has 2 aliphatic carbocycles. The maximum Gasteiger partial charge on any atom is 0.312 e. The third kappa shape index (κ3) is 22.0. The maximum absolute atomic E-state index is 14.5. The summed E-state index contributed by atoms with van der Waals surface area (Å²) in [5, 5.41) is 144. The van der Waals surface area contributed by atoms with Crippen molar-refractivity contribution in [2.45, 2.75) is 215 Å². The molecule has 3 saturated heterocycles. The highest BCUT2D eigenvalue weighted by Crippen LogP contribution is 2.55. The number of esters is 1. The van der Waals surface area contributed by atoms with Gasteiger partial charge >= 0.3 is 11.8 Å². The molecule has 0 spiro atoms. The van der Waals surface area contributed by atoms with Crippen LogP contribution in [0.25, 0.3) is 10.8 Å². The monoisotopic (exact) mass is 1720 g/mol. The number of aliphatic hydroxyl groups is 9. The summed E-state index contributed by atoms with van der Waals surface area (Å²) in [5.74, 6) is -5.28. The van der Waals surface area contributed by atoms with E-state index in [2.05, 4.69) is 45.6 Å². The lowest BCUT2D eigenvalue weighted by Gasteiger charge is -2.45. The number of aliphatic imine (C=N–C) groups is 2. The first-order chi connectivity index (χ1) is 57.7. The zero-order chi connectivity index (χ0) is 90.3. The summed E-state index contributed by atoms with van der Waals surface area (Å²) in [6.07, 6.45) is -0.285. The van der Waals surface area contributed by atoms with Crippen molar-refractivity contribution in [3.8, 4) is 23.0 Å². The van der Waals surface area contributed by atoms with E-state index in [4.69, 9.17) is 72.4 Å². The summed E-state index contributed by atoms with van der Waals surface area (Å²) in [6.45, 7) is 16.0. The van der Waals surface area contributed by atoms with E-state index < -0.39 is 204 Å². The number of nitrogens with two attached hydrogens (primary N) is 6. The predicted molar refractivity (Wildman–Crippen MR) is 436 cm³/mol. The maximum atomic E-state index is 14.5. The van der Waals surface area contributed by atoms with E-state index in [-0.39, 0.29) is 62.4 Å². The van der Waals surface area contributed by atoms with Crippen LogP contribution < -0.4 is 55.3 Å². The number of hydrazine groups is 1. The number of phenols is 3. The molecule has 0 unspecified atom stereocenters. The number of aliphatic hydroxyl groups excluding tert-OH is 8. The van der Waals surface area contributed by atoms with E-state index in [1.54, 1.807) is 52.0 Å². The lowest BCUT2D eigenvalue weighted by atomic mass is 9.78. The van der Waals surface area contributed by atoms with Crippen LogP contribution in [-0.2, 0) is 47.5 Å². The average Bonchev–Trinajstić information content (AvgIpc) is 1.50. The highest BCUT2D eigenvalue weighted by molar-refractivity contribution is 6.24. The van der Waals surface area contributed by atoms with Gasteiger partial charge in [0.15, 0.2) is 42.1 Å². The standard InChI is InChI=1S/C47H64N4O12.C21H39N7O12.C6H7N3O.C5H5N3O/c1-24-13-12-14-25(2)46(59)49-37-32(23-48-51-20-18-50(19-21-51)31-15-10-11-16-31)41(56)34-35(42(37)57)40(55)29(6)44-36(34)45(58)47(8,63-44)61-22-17-33(60-9)26(3)43(62-30(7)52)28(5)39(54)27(4)38(24)53;1-5-21(36,4-30)16(40-17-9(26-2)13(34)10(31)6(3-29)38-17)18(37-5)39-15-8(28-20(24)25)11(32)7(27-19(22)23)12(33)14(15)35;7-9-6(10)5-1-3-8-4-2-5;6-5(9)4-3-7-1-2-8-4/h12-14,17,22-24,26-28,31,33,38-39,43,53-57H,10-11,15-16,18-21H2,1-9H3,(H,49,59);4-18,26,29,31-36H,3H2,1-2H3,(H4,22,23,27)(H4,24,25,28);1-4H,7H2,(H,9,10);1-3H,(H2,6,9)/b13-12+,22-17+,25-14-,48-23-;;;/t24-,26-,27-,28-,33+,38+,39+,43-,47+;5-,6-,7+,8-,9-,10-,11+,12-,13-,14+,15+,16-,17-,18-,21+;;/m10../s1. The molecule has 2 aromatic carbocycles. The number of rotatable bonds is 16. The Labute approximate surface area is 702 Å². The number of allylic oxidation sites excluding steroid dienone is 2. The fraction of sp³-hybridized carbons (Fsp3) is 0.570. The first-order valence-corrected chi connectivity index (χ1v) is 39.4. The number of hydrazone groups is 1. The quantitative estimate of drug-likeness (QED) is 0.00603. The number of methoxy groups -OCH3 is 1. The van der Waals surface area contributed by atoms with Gasteiger partial charge in [-0.05, 0) is 58.9 Å². The Hall–Kier alpha value is -10.3. The largest absolute Gasteiger partial charge is 0.507 e. The highest BCUT2D eigenvalue weighted by atomic mass is 16.8. The van der Waals surface area contributed by atoms with Gasteiger partial charge in [-0.2, -0.15) is 5.10 Å². The molecule has 3 amide bonds. The van der Waals surface area contributed by atoms with Crippen LogP contribution in [0.4, 0.5) is 5.69 Å². The molecule has 0 radical (unpaired) electrons. The zero-order valence-electron chi connectivity index (χ0n) is 69.3. The second kappa shape index (κ2) is 42.7. The minimum Gasteiger partial charge on any atom is -0.507 e. The number of piperazine rings is 1. The molecule has 672 valence electrons. The van der Waals surface area contributed by atoms with Gasteiger partial charge in [0.05, 0.1) is 77.9 Å². The van der Waals surface area contributed by atoms with Crippen molar-refractivity contribution in [1.29, 1.82) is 0 Å². The Morgan fingerprint density at radius 2 is 1.40 bits per heavy atom. The molecule has 5 fully saturated rings. The molecule has 12 rings (SSSR count). The van der Waals surface area contributed by atoms with Crippen molar-refractivity contribution in [3.63, 3.8) is 0 Å². The number of guanidine groups is 2. The van der Waals surface area contributed by atoms with Crippen LogP contribution in [0.2, 0.25) is 0 Å². The summed E-state index contributed by atoms with van der Waals surface area (Å²) < 4.78 is 46.7. The highest BCUT2D eigenvalue weighted by Gasteiger charge is 2.61. The number of amides is 3. The summed E-state index contributed by atoms with van der Waals surface area (Å²) in [7, 11) is 2.86. The van der Waals surface area contributed by atoms with Gasteiger partial charge in [-0.15, -0.1) is 0 Å². The van der Waals surface area contributed by atoms with Crippen LogP contribution in [0.15, 0.2) is 94.3 Å². The number of nitrogens with zero attached hydrogens (tertiary/aromatic N) is 8. The molecule has 43 heteroatoms. The summed E-state index contributed by atoms with van der Waals surface area (Å²) in [4.78, 5) is 95.0. The minimum atomic E-state index is -2.38. The molecule has 8 aliphatic rings. The van der Waals surface area contributed by atoms with Crippen LogP contribution in [0.1, 0.15) is 123 Å². The SMILES string of the molecule is CN[C@@H]1[C@H](O[C@H]2[C@H](O[C@H]3[C@H](O)[C@@H](O)[C@H](N=C(N)N)[C@@H](O)[C@@H]3N=C(N)N)O[C@@H](C)[C@]2(O)C=O)O[C@@H](CO)[C@H](O)[C@H]1O.CO[C@H]1/C=C/O[C@@]2(C)Oc3c(C)c(O)c4c(O)c(c(/C=N\N5CCN(C6CCCC6)CC5)c(O)c4c3C2=O)NC(=O)/C(C)=C\C=C\[C@@H](C)[C@H](O)[C@@H](C)[C@H](O)[C@@H](C)[C@H](OC(C)=O)[C@@H]1C.NC(=O)c1cnccn1.NNC(=O)c1ccncc1. The Kier molecular flexibility index (Phi) is 34.0. The van der Waals surface area contributed by atoms with Crippen LogP contribution in [0, 0.1) is 30.6 Å². The van der Waals surface area contributed by atoms with Gasteiger partial charge in [-0.1, -0.05) is 58.8 Å². The van der Waals surface area contributed by atoms with Crippen molar-refractivity contribution < 1.29 is 128 Å². The third-order valence-corrected chi connectivity index (χ3v) is 22.7. The number of likely N-dealkylation sites (N-methyl/N-ethyl adjacent to an activating group) is 1. The molecule has 4 aromatic rings. The topological polar surface area (TPSA) is 693 Å². The molecule has 27 N–H and O–H groups in total. The van der Waals surface area contributed by atoms with E-state index in [0.29, 0.717) is 24.7 Å². The molecular weight excluding hydrogens is 1600 g/mol. The number of primary amides is 1. The molecule has 5 bridgehead atoms. The van der Waals surface area contributed by atoms with Gasteiger partial charge in [-0.3, -0.25) is 54.1 Å². The summed E-state index contributed by atoms with van der Waals surface area (Å²) in [6, 6.07) is -0.357. The number of nitrogen functional groups attached to an aromatic ring is 1. The Morgan fingerprint density at radius 1 is 0.754 bits per heavy atom. The second-order valence-electron chi connectivity index (χ2n) is 30.8. The summed E-state index contributed by atoms with van der Waals surface area (Å²) in [5.41, 5.74) is 26.7. The molecule has 122 heavy (non-hydrogen) atoms. The van der Waals surface area contributed by atoms with Gasteiger partial charge in [0.25, 0.3) is 23.5 Å². The zero-order valence-corrected chi connectivity index (χ0v) is 69.3. The van der Waals surface area contributed by atoms with E-state index in [1.807, 2.05) is 10.4 Å². The molecule has 24 atom stereocenters. The molecule has 6 aliphatic heterocycles. The van der Waals surface area contributed by atoms with E-state index >= 15 is 0 Å². The first kappa shape index (κ1) is 97.2. The van der Waals surface area contributed by atoms with Crippen LogP contribution in [0.5, 0.6) is 23.0 Å². The van der Waals surface area contributed by atoms with Crippen molar-refractivity contribution in [1.82, 2.24) is 35.6 Å². The number of Topliss-reactive ketones (excluding diaryl/α,β-unsaturated/α-hetero) is 1. The normalized spacial score (nSPS) is 33.6. The van der Waals surface area contributed by atoms with Crippen molar-refractivity contribution in [2.24, 2.45) is 73.3 Å². The number of aromatic nitrogens is 3. The van der Waals surface area contributed by atoms with Crippen molar-refractivity contribution >= 4 is 70.4 Å².